The molecular formula is C11H16Cl2N4O. The number of hydrogen-bond acceptors (Lipinski definition) is 4. The van der Waals surface area contributed by atoms with Gasteiger partial charge < -0.3 is 16.0 Å². The lowest BCUT2D eigenvalue weighted by molar-refractivity contribution is -0.116. The van der Waals surface area contributed by atoms with Gasteiger partial charge in [-0.15, -0.1) is 0 Å². The molecule has 0 saturated carbocycles. The van der Waals surface area contributed by atoms with E-state index < -0.39 is 5.91 Å². The number of anilines is 2. The highest BCUT2D eigenvalue weighted by atomic mass is 35.5. The van der Waals surface area contributed by atoms with Crippen LogP contribution in [-0.2, 0) is 4.79 Å². The van der Waals surface area contributed by atoms with Crippen LogP contribution in [0.4, 0.5) is 11.6 Å². The number of nitrogens with zero attached hydrogens (tertiary/aromatic N) is 2. The van der Waals surface area contributed by atoms with Gasteiger partial charge in [0.25, 0.3) is 0 Å². The smallest absolute Gasteiger partial charge is 0.236 e. The second-order valence-corrected chi connectivity index (χ2v) is 4.45. The van der Waals surface area contributed by atoms with E-state index >= 15 is 0 Å². The lowest BCUT2D eigenvalue weighted by Crippen LogP contribution is -2.34. The van der Waals surface area contributed by atoms with Crippen molar-refractivity contribution in [3.8, 4) is 0 Å². The highest BCUT2D eigenvalue weighted by Gasteiger charge is 2.15. The van der Waals surface area contributed by atoms with Crippen LogP contribution in [0.2, 0.25) is 10.0 Å². The summed E-state index contributed by atoms with van der Waals surface area (Å²) in [5.74, 6) is 0.606. The van der Waals surface area contributed by atoms with Gasteiger partial charge in [-0.25, -0.2) is 4.98 Å². The first-order valence-corrected chi connectivity index (χ1v) is 6.38. The van der Waals surface area contributed by atoms with E-state index in [1.54, 1.807) is 11.0 Å². The van der Waals surface area contributed by atoms with E-state index in [0.29, 0.717) is 34.8 Å². The number of nitrogens with two attached hydrogens (primary N) is 1. The van der Waals surface area contributed by atoms with Crippen molar-refractivity contribution in [1.29, 1.82) is 0 Å². The third kappa shape index (κ3) is 3.65. The normalized spacial score (nSPS) is 10.2. The SMILES string of the molecule is CCNc1nc(N(CC)CC(N)=O)c(Cl)cc1Cl. The zero-order valence-electron chi connectivity index (χ0n) is 10.3. The summed E-state index contributed by atoms with van der Waals surface area (Å²) in [7, 11) is 0. The predicted molar refractivity (Wildman–Crippen MR) is 75.5 cm³/mol. The fraction of sp³-hybridized carbons (Fsp3) is 0.455. The first-order chi connectivity index (χ1) is 8.49. The molecular weight excluding hydrogens is 275 g/mol. The van der Waals surface area contributed by atoms with Gasteiger partial charge in [-0.05, 0) is 19.9 Å². The van der Waals surface area contributed by atoms with Crippen LogP contribution in [0.5, 0.6) is 0 Å². The van der Waals surface area contributed by atoms with Crippen LogP contribution < -0.4 is 16.0 Å². The van der Waals surface area contributed by atoms with E-state index in [9.17, 15) is 4.79 Å². The molecule has 0 radical (unpaired) electrons. The molecule has 7 heteroatoms. The Labute approximate surface area is 116 Å². The number of primary amides is 1. The molecule has 0 aliphatic carbocycles. The minimum absolute atomic E-state index is 0.0659. The molecule has 1 aromatic rings. The monoisotopic (exact) mass is 290 g/mol. The Balaban J connectivity index is 3.12. The number of amides is 1. The molecule has 1 aromatic heterocycles. The summed E-state index contributed by atoms with van der Waals surface area (Å²) in [4.78, 5) is 17.0. The van der Waals surface area contributed by atoms with E-state index in [-0.39, 0.29) is 6.54 Å². The Morgan fingerprint density at radius 3 is 2.61 bits per heavy atom. The Morgan fingerprint density at radius 1 is 1.44 bits per heavy atom. The Morgan fingerprint density at radius 2 is 2.11 bits per heavy atom. The molecule has 18 heavy (non-hydrogen) atoms. The molecule has 0 fully saturated rings. The van der Waals surface area contributed by atoms with E-state index in [1.807, 2.05) is 13.8 Å². The highest BCUT2D eigenvalue weighted by Crippen LogP contribution is 2.31. The van der Waals surface area contributed by atoms with Crippen LogP contribution in [0.3, 0.4) is 0 Å². The third-order valence-electron chi connectivity index (χ3n) is 2.28. The topological polar surface area (TPSA) is 71.2 Å². The van der Waals surface area contributed by atoms with Crippen molar-refractivity contribution in [3.05, 3.63) is 16.1 Å². The van der Waals surface area contributed by atoms with Gasteiger partial charge in [-0.2, -0.15) is 0 Å². The Bertz CT molecular complexity index is 439. The molecule has 5 nitrogen and oxygen atoms in total. The highest BCUT2D eigenvalue weighted by molar-refractivity contribution is 6.37. The van der Waals surface area contributed by atoms with Crippen molar-refractivity contribution < 1.29 is 4.79 Å². The summed E-state index contributed by atoms with van der Waals surface area (Å²) in [6.07, 6.45) is 0. The average Bonchev–Trinajstić information content (AvgIpc) is 2.30. The Kier molecular flexibility index (Phi) is 5.50. The van der Waals surface area contributed by atoms with Crippen LogP contribution in [0.25, 0.3) is 0 Å². The number of nitrogens with one attached hydrogen (secondary N) is 1. The number of likely N-dealkylation sites (N-methyl/N-ethyl adjacent to an activating group) is 1. The van der Waals surface area contributed by atoms with Crippen LogP contribution in [0.1, 0.15) is 13.8 Å². The molecule has 3 N–H and O–H groups in total. The Hall–Kier alpha value is -1.20. The van der Waals surface area contributed by atoms with Crippen molar-refractivity contribution in [1.82, 2.24) is 4.98 Å². The van der Waals surface area contributed by atoms with E-state index in [1.165, 1.54) is 0 Å². The second kappa shape index (κ2) is 6.66. The molecule has 1 heterocycles. The first kappa shape index (κ1) is 14.9. The zero-order valence-corrected chi connectivity index (χ0v) is 11.8. The molecule has 0 spiro atoms. The van der Waals surface area contributed by atoms with E-state index in [2.05, 4.69) is 10.3 Å². The lowest BCUT2D eigenvalue weighted by Gasteiger charge is -2.22. The molecule has 0 unspecified atom stereocenters. The lowest BCUT2D eigenvalue weighted by atomic mass is 10.3. The molecule has 1 amide bonds. The van der Waals surface area contributed by atoms with Gasteiger partial charge in [0.05, 0.1) is 16.6 Å². The maximum atomic E-state index is 11.0. The van der Waals surface area contributed by atoms with Crippen LogP contribution in [0, 0.1) is 0 Å². The summed E-state index contributed by atoms with van der Waals surface area (Å²) < 4.78 is 0. The van der Waals surface area contributed by atoms with Crippen LogP contribution >= 0.6 is 23.2 Å². The first-order valence-electron chi connectivity index (χ1n) is 5.62. The number of halogens is 2. The van der Waals surface area contributed by atoms with E-state index in [4.69, 9.17) is 28.9 Å². The third-order valence-corrected chi connectivity index (χ3v) is 2.85. The molecule has 0 aliphatic rings. The van der Waals surface area contributed by atoms with Gasteiger partial charge in [0.15, 0.2) is 0 Å². The van der Waals surface area contributed by atoms with Gasteiger partial charge >= 0.3 is 0 Å². The molecule has 100 valence electrons. The summed E-state index contributed by atoms with van der Waals surface area (Å²) in [5, 5.41) is 3.87. The minimum Gasteiger partial charge on any atom is -0.369 e. The van der Waals surface area contributed by atoms with E-state index in [0.717, 1.165) is 0 Å². The van der Waals surface area contributed by atoms with Crippen molar-refractivity contribution in [2.45, 2.75) is 13.8 Å². The molecule has 0 aliphatic heterocycles. The van der Waals surface area contributed by atoms with Gasteiger partial charge in [0.2, 0.25) is 5.91 Å². The minimum atomic E-state index is -0.435. The molecule has 0 saturated heterocycles. The fourth-order valence-electron chi connectivity index (χ4n) is 1.49. The molecule has 0 bridgehead atoms. The molecule has 1 rings (SSSR count). The predicted octanol–water partition coefficient (Wildman–Crippen LogP) is 2.13. The number of hydrogen-bond donors (Lipinski definition) is 2. The van der Waals surface area contributed by atoms with Gasteiger partial charge in [-0.1, -0.05) is 23.2 Å². The number of aromatic nitrogens is 1. The van der Waals surface area contributed by atoms with Crippen molar-refractivity contribution >= 4 is 40.7 Å². The quantitative estimate of drug-likeness (QED) is 0.842. The fourth-order valence-corrected chi connectivity index (χ4v) is 2.04. The maximum absolute atomic E-state index is 11.0. The van der Waals surface area contributed by atoms with Crippen molar-refractivity contribution in [3.63, 3.8) is 0 Å². The standard InChI is InChI=1S/C11H16Cl2N4O/c1-3-15-10-7(12)5-8(13)11(16-10)17(4-2)6-9(14)18/h5H,3-4,6H2,1-2H3,(H2,14,18)(H,15,16). The summed E-state index contributed by atoms with van der Waals surface area (Å²) >= 11 is 12.1. The summed E-state index contributed by atoms with van der Waals surface area (Å²) in [5.41, 5.74) is 5.19. The van der Waals surface area contributed by atoms with Gasteiger partial charge in [0, 0.05) is 13.1 Å². The van der Waals surface area contributed by atoms with Gasteiger partial charge in [0.1, 0.15) is 11.6 Å². The number of pyridine rings is 1. The van der Waals surface area contributed by atoms with Crippen LogP contribution in [0.15, 0.2) is 6.07 Å². The summed E-state index contributed by atoms with van der Waals surface area (Å²) in [6, 6.07) is 1.60. The second-order valence-electron chi connectivity index (χ2n) is 3.64. The maximum Gasteiger partial charge on any atom is 0.236 e. The average molecular weight is 291 g/mol. The zero-order chi connectivity index (χ0) is 13.7. The van der Waals surface area contributed by atoms with Gasteiger partial charge in [-0.3, -0.25) is 4.79 Å². The summed E-state index contributed by atoms with van der Waals surface area (Å²) in [6.45, 7) is 5.16. The van der Waals surface area contributed by atoms with Crippen LogP contribution in [-0.4, -0.2) is 30.5 Å². The largest absolute Gasteiger partial charge is 0.369 e. The van der Waals surface area contributed by atoms with Crippen molar-refractivity contribution in [2.24, 2.45) is 5.73 Å². The number of carbonyl (C=O) groups excluding carboxylic acids is 1. The number of rotatable bonds is 6. The molecule has 0 atom stereocenters. The number of carbonyl (C=O) groups is 1. The van der Waals surface area contributed by atoms with Crippen molar-refractivity contribution in [2.75, 3.05) is 29.9 Å². The molecule has 0 aromatic carbocycles.